The lowest BCUT2D eigenvalue weighted by Crippen LogP contribution is -2.41. The highest BCUT2D eigenvalue weighted by Crippen LogP contribution is 2.43. The third kappa shape index (κ3) is 12.0. The first-order valence-corrected chi connectivity index (χ1v) is 22.5. The molecule has 3 fully saturated rings. The third-order valence-corrected chi connectivity index (χ3v) is 13.6. The predicted molar refractivity (Wildman–Crippen MR) is 264 cm³/mol. The molecule has 3 aromatic rings. The van der Waals surface area contributed by atoms with E-state index in [9.17, 15) is 0 Å². The molecule has 0 unspecified atom stereocenters. The van der Waals surface area contributed by atoms with Crippen LogP contribution in [0.25, 0.3) is 0 Å². The lowest BCUT2D eigenvalue weighted by Gasteiger charge is -2.32. The first kappa shape index (κ1) is 52.3. The normalized spacial score (nSPS) is 20.0. The lowest BCUT2D eigenvalue weighted by atomic mass is 9.49. The molecule has 0 atom stereocenters. The SMILES string of the molecule is CC1(C)OB(B2OC(C)(C)C(C)(C)O2)OC1(C)C.Cc1cc(B2OC(C)(C)C(C)(C)O2)cc(C)c1N(C)C.Cc1cc(Br)cc(C)c1N.Cc1cc(Br)cc(C)c1N(C)C. The van der Waals surface area contributed by atoms with Gasteiger partial charge in [-0.1, -0.05) is 44.0 Å². The highest BCUT2D eigenvalue weighted by molar-refractivity contribution is 9.10. The first-order chi connectivity index (χ1) is 27.1. The Hall–Kier alpha value is -2.03. The molecule has 60 heavy (non-hydrogen) atoms. The van der Waals surface area contributed by atoms with Crippen LogP contribution >= 0.6 is 31.9 Å². The Morgan fingerprint density at radius 1 is 0.417 bits per heavy atom. The number of nitrogens with zero attached hydrogens (tertiary/aromatic N) is 2. The van der Waals surface area contributed by atoms with Crippen LogP contribution in [0.2, 0.25) is 0 Å². The molecular weight excluding hydrogens is 883 g/mol. The van der Waals surface area contributed by atoms with Crippen molar-refractivity contribution >= 4 is 75.5 Å². The van der Waals surface area contributed by atoms with Gasteiger partial charge in [0, 0.05) is 54.2 Å². The fourth-order valence-corrected chi connectivity index (χ4v) is 8.71. The van der Waals surface area contributed by atoms with E-state index in [-0.39, 0.29) is 40.7 Å². The van der Waals surface area contributed by atoms with Crippen LogP contribution in [0, 0.1) is 41.5 Å². The number of benzene rings is 3. The van der Waals surface area contributed by atoms with Gasteiger partial charge < -0.3 is 43.5 Å². The molecule has 0 spiro atoms. The fraction of sp³-hybridized carbons (Fsp3) is 0.609. The molecule has 6 rings (SSSR count). The van der Waals surface area contributed by atoms with E-state index < -0.39 is 14.0 Å². The van der Waals surface area contributed by atoms with Crippen LogP contribution in [0.15, 0.2) is 45.3 Å². The number of halogens is 2. The molecule has 3 aliphatic heterocycles. The van der Waals surface area contributed by atoms with E-state index in [0.717, 1.165) is 31.2 Å². The second-order valence-corrected chi connectivity index (χ2v) is 21.8. The number of nitrogen functional groups attached to an aromatic ring is 1. The average Bonchev–Trinajstić information content (AvgIpc) is 3.52. The molecule has 2 N–H and O–H groups in total. The summed E-state index contributed by atoms with van der Waals surface area (Å²) in [6, 6.07) is 12.7. The van der Waals surface area contributed by atoms with Gasteiger partial charge in [0.25, 0.3) is 0 Å². The number of aryl methyl sites for hydroxylation is 6. The quantitative estimate of drug-likeness (QED) is 0.203. The second kappa shape index (κ2) is 19.0. The minimum Gasteiger partial charge on any atom is -0.405 e. The number of nitrogens with two attached hydrogens (primary N) is 1. The van der Waals surface area contributed by atoms with E-state index in [2.05, 4.69) is 150 Å². The molecule has 332 valence electrons. The van der Waals surface area contributed by atoms with E-state index in [4.69, 9.17) is 33.7 Å². The smallest absolute Gasteiger partial charge is 0.405 e. The molecule has 0 aromatic heterocycles. The number of hydrogen-bond acceptors (Lipinski definition) is 9. The van der Waals surface area contributed by atoms with Gasteiger partial charge in [0.2, 0.25) is 0 Å². The van der Waals surface area contributed by atoms with E-state index in [1.807, 2.05) is 81.4 Å². The Morgan fingerprint density at radius 2 is 0.650 bits per heavy atom. The summed E-state index contributed by atoms with van der Waals surface area (Å²) in [6.45, 7) is 37.1. The van der Waals surface area contributed by atoms with Crippen molar-refractivity contribution in [2.24, 2.45) is 0 Å². The van der Waals surface area contributed by atoms with Gasteiger partial charge in [-0.05, 0) is 188 Å². The van der Waals surface area contributed by atoms with Crippen molar-refractivity contribution in [2.45, 2.75) is 158 Å². The van der Waals surface area contributed by atoms with Crippen molar-refractivity contribution in [3.63, 3.8) is 0 Å². The molecule has 0 aliphatic carbocycles. The zero-order chi connectivity index (χ0) is 46.3. The van der Waals surface area contributed by atoms with Crippen LogP contribution in [0.1, 0.15) is 116 Å². The minimum atomic E-state index is -0.476. The highest BCUT2D eigenvalue weighted by atomic mass is 79.9. The molecule has 3 heterocycles. The summed E-state index contributed by atoms with van der Waals surface area (Å²) >= 11 is 6.87. The van der Waals surface area contributed by atoms with Gasteiger partial charge in [0.1, 0.15) is 0 Å². The van der Waals surface area contributed by atoms with E-state index >= 15 is 0 Å². The van der Waals surface area contributed by atoms with E-state index in [0.29, 0.717) is 0 Å². The summed E-state index contributed by atoms with van der Waals surface area (Å²) in [4.78, 5) is 4.30. The third-order valence-electron chi connectivity index (χ3n) is 12.7. The molecular formula is C46H74B3Br2N3O6. The van der Waals surface area contributed by atoms with E-state index in [1.54, 1.807) is 0 Å². The van der Waals surface area contributed by atoms with Crippen molar-refractivity contribution in [3.8, 4) is 0 Å². The summed E-state index contributed by atoms with van der Waals surface area (Å²) in [5.74, 6) is 0. The summed E-state index contributed by atoms with van der Waals surface area (Å²) in [7, 11) is 7.06. The van der Waals surface area contributed by atoms with Crippen molar-refractivity contribution in [3.05, 3.63) is 78.7 Å². The number of hydrogen-bond donors (Lipinski definition) is 1. The molecule has 3 aromatic carbocycles. The standard InChI is InChI=1S/C16H26BNO2.C12H24B2O4.C10H14BrN.C8H10BrN/c1-11-9-13(10-12(2)14(11)18(7)8)17-19-15(3,4)16(5,6)20-17;1-9(2)10(3,4)16-13(15-9)14-17-11(5,6)12(7,8)18-14;1-7-5-9(11)6-8(2)10(7)12(3)4;1-5-3-7(9)4-6(2)8(5)10/h9-10H,1-8H3;1-8H3;5-6H,1-4H3;3-4H,10H2,1-2H3. The van der Waals surface area contributed by atoms with Gasteiger partial charge in [-0.2, -0.15) is 0 Å². The molecule has 14 heteroatoms. The number of anilines is 3. The summed E-state index contributed by atoms with van der Waals surface area (Å²) in [6.07, 6.45) is 0. The molecule has 0 radical (unpaired) electrons. The molecule has 3 saturated heterocycles. The van der Waals surface area contributed by atoms with Gasteiger partial charge in [0.15, 0.2) is 0 Å². The maximum atomic E-state index is 6.12. The van der Waals surface area contributed by atoms with Gasteiger partial charge >= 0.3 is 21.1 Å². The van der Waals surface area contributed by atoms with Gasteiger partial charge in [-0.3, -0.25) is 0 Å². The minimum absolute atomic E-state index is 0.284. The van der Waals surface area contributed by atoms with Crippen LogP contribution < -0.4 is 21.0 Å². The fourth-order valence-electron chi connectivity index (χ4n) is 7.34. The van der Waals surface area contributed by atoms with Crippen molar-refractivity contribution in [1.29, 1.82) is 0 Å². The molecule has 9 nitrogen and oxygen atoms in total. The van der Waals surface area contributed by atoms with Gasteiger partial charge in [0.05, 0.1) is 33.6 Å². The first-order valence-electron chi connectivity index (χ1n) is 20.9. The predicted octanol–water partition coefficient (Wildman–Crippen LogP) is 10.7. The van der Waals surface area contributed by atoms with Crippen LogP contribution in [-0.4, -0.2) is 82.9 Å². The highest BCUT2D eigenvalue weighted by Gasteiger charge is 2.63. The zero-order valence-corrected chi connectivity index (χ0v) is 44.0. The lowest BCUT2D eigenvalue weighted by molar-refractivity contribution is 0.00578. The molecule has 0 bridgehead atoms. The van der Waals surface area contributed by atoms with Gasteiger partial charge in [-0.15, -0.1) is 0 Å². The largest absolute Gasteiger partial charge is 0.494 e. The number of rotatable bonds is 4. The summed E-state index contributed by atoms with van der Waals surface area (Å²) in [5.41, 5.74) is 15.7. The van der Waals surface area contributed by atoms with Crippen LogP contribution in [-0.2, 0) is 27.9 Å². The van der Waals surface area contributed by atoms with Gasteiger partial charge in [-0.25, -0.2) is 0 Å². The van der Waals surface area contributed by atoms with Crippen LogP contribution in [0.5, 0.6) is 0 Å². The van der Waals surface area contributed by atoms with Crippen molar-refractivity contribution < 1.29 is 27.9 Å². The Morgan fingerprint density at radius 3 is 0.917 bits per heavy atom. The topological polar surface area (TPSA) is 87.9 Å². The van der Waals surface area contributed by atoms with Crippen molar-refractivity contribution in [1.82, 2.24) is 0 Å². The second-order valence-electron chi connectivity index (χ2n) is 20.0. The zero-order valence-electron chi connectivity index (χ0n) is 40.9. The van der Waals surface area contributed by atoms with E-state index in [1.165, 1.54) is 33.6 Å². The van der Waals surface area contributed by atoms with Crippen LogP contribution in [0.3, 0.4) is 0 Å². The van der Waals surface area contributed by atoms with Crippen LogP contribution in [0.4, 0.5) is 17.1 Å². The Kier molecular flexibility index (Phi) is 16.6. The molecule has 0 saturated carbocycles. The maximum absolute atomic E-state index is 6.12. The Balaban J connectivity index is 0.000000221. The van der Waals surface area contributed by atoms with Crippen molar-refractivity contribution in [2.75, 3.05) is 43.7 Å². The average molecular weight is 957 g/mol. The summed E-state index contributed by atoms with van der Waals surface area (Å²) in [5, 5.41) is 0. The monoisotopic (exact) mass is 955 g/mol. The Bertz CT molecular complexity index is 1840. The Labute approximate surface area is 382 Å². The maximum Gasteiger partial charge on any atom is 0.494 e. The summed E-state index contributed by atoms with van der Waals surface area (Å²) < 4.78 is 38.3. The molecule has 0 amide bonds. The molecule has 3 aliphatic rings.